The zero-order chi connectivity index (χ0) is 11.6. The van der Waals surface area contributed by atoms with Gasteiger partial charge in [-0.25, -0.2) is 5.01 Å². The highest BCUT2D eigenvalue weighted by atomic mass is 16.2. The Bertz CT molecular complexity index is 309. The van der Waals surface area contributed by atoms with Gasteiger partial charge in [0, 0.05) is 13.1 Å². The van der Waals surface area contributed by atoms with Gasteiger partial charge < -0.3 is 0 Å². The van der Waals surface area contributed by atoms with E-state index in [1.165, 1.54) is 6.42 Å². The highest BCUT2D eigenvalue weighted by Gasteiger charge is 2.49. The first-order valence-electron chi connectivity index (χ1n) is 6.13. The Morgan fingerprint density at radius 2 is 2.00 bits per heavy atom. The minimum absolute atomic E-state index is 0.0880. The van der Waals surface area contributed by atoms with Crippen molar-refractivity contribution in [1.29, 1.82) is 5.26 Å². The van der Waals surface area contributed by atoms with E-state index in [1.54, 1.807) is 0 Å². The fourth-order valence-corrected chi connectivity index (χ4v) is 2.71. The second kappa shape index (κ2) is 4.42. The van der Waals surface area contributed by atoms with Gasteiger partial charge in [0.2, 0.25) is 0 Å². The van der Waals surface area contributed by atoms with E-state index >= 15 is 0 Å². The van der Waals surface area contributed by atoms with Gasteiger partial charge in [0.05, 0.1) is 6.07 Å². The topological polar surface area (TPSA) is 56.1 Å². The van der Waals surface area contributed by atoms with Crippen molar-refractivity contribution < 1.29 is 4.79 Å². The van der Waals surface area contributed by atoms with Crippen molar-refractivity contribution in [3.8, 4) is 6.07 Å². The third-order valence-electron chi connectivity index (χ3n) is 3.66. The molecule has 1 amide bonds. The summed E-state index contributed by atoms with van der Waals surface area (Å²) < 4.78 is 0. The zero-order valence-corrected chi connectivity index (χ0v) is 9.83. The van der Waals surface area contributed by atoms with Gasteiger partial charge in [-0.1, -0.05) is 13.3 Å². The summed E-state index contributed by atoms with van der Waals surface area (Å²) >= 11 is 0. The number of rotatable bonds is 2. The van der Waals surface area contributed by atoms with Crippen LogP contribution in [0.15, 0.2) is 0 Å². The molecule has 2 rings (SSSR count). The predicted molar refractivity (Wildman–Crippen MR) is 60.0 cm³/mol. The Balaban J connectivity index is 1.89. The van der Waals surface area contributed by atoms with Crippen molar-refractivity contribution in [1.82, 2.24) is 10.4 Å². The number of amides is 1. The molecule has 0 aromatic carbocycles. The van der Waals surface area contributed by atoms with Crippen molar-refractivity contribution in [3.05, 3.63) is 0 Å². The van der Waals surface area contributed by atoms with Gasteiger partial charge in [-0.3, -0.25) is 10.2 Å². The lowest BCUT2D eigenvalue weighted by molar-refractivity contribution is -0.139. The molecule has 4 nitrogen and oxygen atoms in total. The van der Waals surface area contributed by atoms with Crippen LogP contribution in [-0.2, 0) is 4.79 Å². The van der Waals surface area contributed by atoms with Crippen LogP contribution >= 0.6 is 0 Å². The maximum atomic E-state index is 12.0. The van der Waals surface area contributed by atoms with E-state index in [-0.39, 0.29) is 5.91 Å². The quantitative estimate of drug-likeness (QED) is 0.767. The standard InChI is InChI=1S/C12H19N3O/c1-10-7-12(8-10,9-13)11(16)14-15-5-3-2-4-6-15/h10H,2-8H2,1H3,(H,14,16). The Morgan fingerprint density at radius 3 is 2.50 bits per heavy atom. The number of nitriles is 1. The molecule has 0 atom stereocenters. The SMILES string of the molecule is CC1CC(C#N)(C(=O)NN2CCCCC2)C1. The molecule has 0 bridgehead atoms. The summed E-state index contributed by atoms with van der Waals surface area (Å²) in [5.74, 6) is 0.418. The highest BCUT2D eigenvalue weighted by Crippen LogP contribution is 2.45. The molecule has 0 aromatic heterocycles. The van der Waals surface area contributed by atoms with Gasteiger partial charge in [0.15, 0.2) is 0 Å². The summed E-state index contributed by atoms with van der Waals surface area (Å²) in [4.78, 5) is 12.0. The van der Waals surface area contributed by atoms with Crippen LogP contribution in [0.3, 0.4) is 0 Å². The normalized spacial score (nSPS) is 34.9. The molecular weight excluding hydrogens is 202 g/mol. The number of carbonyl (C=O) groups excluding carboxylic acids is 1. The first kappa shape index (κ1) is 11.4. The second-order valence-electron chi connectivity index (χ2n) is 5.20. The molecule has 2 fully saturated rings. The monoisotopic (exact) mass is 221 g/mol. The fraction of sp³-hybridized carbons (Fsp3) is 0.833. The molecule has 1 saturated heterocycles. The van der Waals surface area contributed by atoms with Crippen LogP contribution < -0.4 is 5.43 Å². The van der Waals surface area contributed by atoms with Crippen LogP contribution in [0.2, 0.25) is 0 Å². The predicted octanol–water partition coefficient (Wildman–Crippen LogP) is 1.44. The molecule has 1 heterocycles. The van der Waals surface area contributed by atoms with Gasteiger partial charge in [-0.2, -0.15) is 5.26 Å². The van der Waals surface area contributed by atoms with E-state index in [0.717, 1.165) is 25.9 Å². The summed E-state index contributed by atoms with van der Waals surface area (Å²) in [6.07, 6.45) is 4.94. The highest BCUT2D eigenvalue weighted by molar-refractivity contribution is 5.86. The maximum Gasteiger partial charge on any atom is 0.254 e. The summed E-state index contributed by atoms with van der Waals surface area (Å²) in [7, 11) is 0. The molecule has 2 aliphatic rings. The van der Waals surface area contributed by atoms with Crippen molar-refractivity contribution in [2.45, 2.75) is 39.0 Å². The van der Waals surface area contributed by atoms with Crippen molar-refractivity contribution >= 4 is 5.91 Å². The minimum atomic E-state index is -0.739. The molecule has 1 aliphatic carbocycles. The van der Waals surface area contributed by atoms with Gasteiger partial charge in [-0.05, 0) is 31.6 Å². The minimum Gasteiger partial charge on any atom is -0.288 e. The van der Waals surface area contributed by atoms with Crippen molar-refractivity contribution in [2.24, 2.45) is 11.3 Å². The molecule has 0 spiro atoms. The van der Waals surface area contributed by atoms with E-state index in [1.807, 2.05) is 5.01 Å². The molecule has 0 aromatic rings. The average Bonchev–Trinajstić information content (AvgIpc) is 2.25. The lowest BCUT2D eigenvalue weighted by Crippen LogP contribution is -2.54. The molecule has 1 aliphatic heterocycles. The molecule has 0 radical (unpaired) electrons. The summed E-state index contributed by atoms with van der Waals surface area (Å²) in [5, 5.41) is 11.1. The average molecular weight is 221 g/mol. The molecule has 1 N–H and O–H groups in total. The zero-order valence-electron chi connectivity index (χ0n) is 9.83. The van der Waals surface area contributed by atoms with E-state index in [2.05, 4.69) is 18.4 Å². The number of hydrogen-bond acceptors (Lipinski definition) is 3. The van der Waals surface area contributed by atoms with Crippen LogP contribution in [0.25, 0.3) is 0 Å². The van der Waals surface area contributed by atoms with Gasteiger partial charge in [0.25, 0.3) is 5.91 Å². The fourth-order valence-electron chi connectivity index (χ4n) is 2.71. The third kappa shape index (κ3) is 2.05. The number of carbonyl (C=O) groups is 1. The number of nitrogens with one attached hydrogen (secondary N) is 1. The first-order valence-corrected chi connectivity index (χ1v) is 6.13. The van der Waals surface area contributed by atoms with Crippen LogP contribution in [0.4, 0.5) is 0 Å². The smallest absolute Gasteiger partial charge is 0.254 e. The third-order valence-corrected chi connectivity index (χ3v) is 3.66. The van der Waals surface area contributed by atoms with E-state index < -0.39 is 5.41 Å². The van der Waals surface area contributed by atoms with Gasteiger partial charge in [0.1, 0.15) is 5.41 Å². The maximum absolute atomic E-state index is 12.0. The van der Waals surface area contributed by atoms with Crippen LogP contribution in [0.1, 0.15) is 39.0 Å². The molecule has 88 valence electrons. The molecule has 1 saturated carbocycles. The lowest BCUT2D eigenvalue weighted by Gasteiger charge is -2.40. The number of piperidine rings is 1. The van der Waals surface area contributed by atoms with Crippen LogP contribution in [0, 0.1) is 22.7 Å². The van der Waals surface area contributed by atoms with E-state index in [0.29, 0.717) is 18.8 Å². The first-order chi connectivity index (χ1) is 7.66. The van der Waals surface area contributed by atoms with Crippen molar-refractivity contribution in [2.75, 3.05) is 13.1 Å². The summed E-state index contributed by atoms with van der Waals surface area (Å²) in [6, 6.07) is 2.20. The molecule has 4 heteroatoms. The van der Waals surface area contributed by atoms with Crippen LogP contribution in [-0.4, -0.2) is 24.0 Å². The number of hydrogen-bond donors (Lipinski definition) is 1. The lowest BCUT2D eigenvalue weighted by atomic mass is 9.63. The Labute approximate surface area is 96.6 Å². The summed E-state index contributed by atoms with van der Waals surface area (Å²) in [5.41, 5.74) is 2.17. The largest absolute Gasteiger partial charge is 0.288 e. The Morgan fingerprint density at radius 1 is 1.38 bits per heavy atom. The molecule has 0 unspecified atom stereocenters. The van der Waals surface area contributed by atoms with E-state index in [9.17, 15) is 4.79 Å². The van der Waals surface area contributed by atoms with Crippen molar-refractivity contribution in [3.63, 3.8) is 0 Å². The number of nitrogens with zero attached hydrogens (tertiary/aromatic N) is 2. The second-order valence-corrected chi connectivity index (χ2v) is 5.20. The number of hydrazine groups is 1. The Kier molecular flexibility index (Phi) is 3.15. The van der Waals surface area contributed by atoms with E-state index in [4.69, 9.17) is 5.26 Å². The van der Waals surface area contributed by atoms with Gasteiger partial charge in [-0.15, -0.1) is 0 Å². The van der Waals surface area contributed by atoms with Crippen LogP contribution in [0.5, 0.6) is 0 Å². The summed E-state index contributed by atoms with van der Waals surface area (Å²) in [6.45, 7) is 3.93. The molecule has 16 heavy (non-hydrogen) atoms. The molecular formula is C12H19N3O. The van der Waals surface area contributed by atoms with Gasteiger partial charge >= 0.3 is 0 Å². The Hall–Kier alpha value is -1.08.